The Kier molecular flexibility index (Phi) is 3.41. The summed E-state index contributed by atoms with van der Waals surface area (Å²) in [7, 11) is 0. The number of aryl methyl sites for hydroxylation is 1. The van der Waals surface area contributed by atoms with Crippen LogP contribution in [0.15, 0.2) is 24.3 Å². The number of benzene rings is 1. The van der Waals surface area contributed by atoms with Gasteiger partial charge < -0.3 is 0 Å². The van der Waals surface area contributed by atoms with E-state index >= 15 is 0 Å². The minimum Gasteiger partial charge on any atom is -0.238 e. The Bertz CT molecular complexity index is 559. The van der Waals surface area contributed by atoms with E-state index in [1.54, 1.807) is 12.1 Å². The molecule has 0 radical (unpaired) electrons. The number of hydrogen-bond acceptors (Lipinski definition) is 2. The largest absolute Gasteiger partial charge is 0.238 e. The van der Waals surface area contributed by atoms with Crippen molar-refractivity contribution in [1.82, 2.24) is 9.97 Å². The number of nitrogens with zero attached hydrogens (tertiary/aromatic N) is 2. The van der Waals surface area contributed by atoms with Crippen LogP contribution in [0.1, 0.15) is 36.8 Å². The van der Waals surface area contributed by atoms with Crippen LogP contribution in [0.2, 0.25) is 0 Å². The third-order valence-corrected chi connectivity index (χ3v) is 2.96. The van der Waals surface area contributed by atoms with Gasteiger partial charge in [0.25, 0.3) is 0 Å². The molecule has 0 unspecified atom stereocenters. The molecule has 0 aliphatic rings. The molecule has 0 saturated heterocycles. The molecule has 2 nitrogen and oxygen atoms in total. The molecular formula is C15H17FN2. The van der Waals surface area contributed by atoms with Gasteiger partial charge in [0.05, 0.1) is 11.4 Å². The molecular weight excluding hydrogens is 227 g/mol. The molecule has 0 spiro atoms. The molecule has 1 aromatic heterocycles. The summed E-state index contributed by atoms with van der Waals surface area (Å²) in [5.74, 6) is 0.876. The smallest absolute Gasteiger partial charge is 0.126 e. The summed E-state index contributed by atoms with van der Waals surface area (Å²) in [6.07, 6.45) is 0. The Hall–Kier alpha value is -1.77. The fraction of sp³-hybridized carbons (Fsp3) is 0.333. The Labute approximate surface area is 107 Å². The summed E-state index contributed by atoms with van der Waals surface area (Å²) in [6, 6.07) is 6.44. The second-order valence-corrected chi connectivity index (χ2v) is 4.79. The predicted molar refractivity (Wildman–Crippen MR) is 71.0 cm³/mol. The van der Waals surface area contributed by atoms with Crippen LogP contribution in [0.25, 0.3) is 11.3 Å². The van der Waals surface area contributed by atoms with Crippen LogP contribution in [-0.4, -0.2) is 9.97 Å². The van der Waals surface area contributed by atoms with E-state index < -0.39 is 0 Å². The maximum Gasteiger partial charge on any atom is 0.126 e. The number of rotatable bonds is 2. The van der Waals surface area contributed by atoms with Crippen LogP contribution >= 0.6 is 0 Å². The van der Waals surface area contributed by atoms with Gasteiger partial charge in [-0.2, -0.15) is 0 Å². The van der Waals surface area contributed by atoms with Crippen LogP contribution in [0, 0.1) is 19.7 Å². The Balaban J connectivity index is 2.60. The quantitative estimate of drug-likeness (QED) is 0.797. The van der Waals surface area contributed by atoms with Gasteiger partial charge >= 0.3 is 0 Å². The van der Waals surface area contributed by atoms with Crippen molar-refractivity contribution in [3.05, 3.63) is 47.2 Å². The van der Waals surface area contributed by atoms with E-state index in [2.05, 4.69) is 23.8 Å². The van der Waals surface area contributed by atoms with Gasteiger partial charge in [-0.05, 0) is 49.6 Å². The van der Waals surface area contributed by atoms with E-state index in [1.807, 2.05) is 13.8 Å². The zero-order valence-electron chi connectivity index (χ0n) is 11.2. The maximum atomic E-state index is 13.0. The highest BCUT2D eigenvalue weighted by Gasteiger charge is 2.13. The Morgan fingerprint density at radius 3 is 2.17 bits per heavy atom. The minimum atomic E-state index is -0.230. The van der Waals surface area contributed by atoms with Crippen molar-refractivity contribution in [2.24, 2.45) is 0 Å². The van der Waals surface area contributed by atoms with Crippen LogP contribution < -0.4 is 0 Å². The van der Waals surface area contributed by atoms with E-state index in [0.717, 1.165) is 28.3 Å². The van der Waals surface area contributed by atoms with Gasteiger partial charge in [0.15, 0.2) is 0 Å². The zero-order chi connectivity index (χ0) is 13.3. The van der Waals surface area contributed by atoms with Crippen LogP contribution in [0.5, 0.6) is 0 Å². The Morgan fingerprint density at radius 2 is 1.61 bits per heavy atom. The van der Waals surface area contributed by atoms with Gasteiger partial charge in [0.2, 0.25) is 0 Å². The van der Waals surface area contributed by atoms with Crippen molar-refractivity contribution < 1.29 is 4.39 Å². The maximum absolute atomic E-state index is 13.0. The molecule has 0 aliphatic heterocycles. The van der Waals surface area contributed by atoms with E-state index in [1.165, 1.54) is 12.1 Å². The second kappa shape index (κ2) is 4.84. The fourth-order valence-corrected chi connectivity index (χ4v) is 2.10. The summed E-state index contributed by atoms with van der Waals surface area (Å²) in [4.78, 5) is 8.97. The first-order chi connectivity index (χ1) is 8.49. The van der Waals surface area contributed by atoms with Crippen LogP contribution in [0.3, 0.4) is 0 Å². The average Bonchev–Trinajstić information content (AvgIpc) is 2.32. The van der Waals surface area contributed by atoms with Gasteiger partial charge in [-0.15, -0.1) is 0 Å². The molecule has 0 amide bonds. The lowest BCUT2D eigenvalue weighted by atomic mass is 9.99. The number of aromatic nitrogens is 2. The molecule has 1 heterocycles. The molecule has 0 bridgehead atoms. The first-order valence-corrected chi connectivity index (χ1v) is 6.10. The van der Waals surface area contributed by atoms with Crippen molar-refractivity contribution >= 4 is 0 Å². The highest BCUT2D eigenvalue weighted by molar-refractivity contribution is 5.63. The SMILES string of the molecule is Cc1nc(-c2ccc(F)cc2)c(C)c(C(C)C)n1. The summed E-state index contributed by atoms with van der Waals surface area (Å²) in [6.45, 7) is 8.14. The first kappa shape index (κ1) is 12.7. The number of halogens is 1. The van der Waals surface area contributed by atoms with Gasteiger partial charge in [-0.1, -0.05) is 13.8 Å². The summed E-state index contributed by atoms with van der Waals surface area (Å²) >= 11 is 0. The van der Waals surface area contributed by atoms with E-state index in [9.17, 15) is 4.39 Å². The molecule has 0 fully saturated rings. The number of hydrogen-bond donors (Lipinski definition) is 0. The lowest BCUT2D eigenvalue weighted by Crippen LogP contribution is -2.04. The zero-order valence-corrected chi connectivity index (χ0v) is 11.2. The van der Waals surface area contributed by atoms with Crippen LogP contribution in [-0.2, 0) is 0 Å². The Morgan fingerprint density at radius 1 is 1.00 bits per heavy atom. The van der Waals surface area contributed by atoms with Crippen molar-refractivity contribution in [3.8, 4) is 11.3 Å². The predicted octanol–water partition coefficient (Wildman–Crippen LogP) is 4.02. The summed E-state index contributed by atoms with van der Waals surface area (Å²) in [5.41, 5.74) is 3.96. The van der Waals surface area contributed by atoms with Crippen molar-refractivity contribution in [3.63, 3.8) is 0 Å². The van der Waals surface area contributed by atoms with Gasteiger partial charge in [-0.25, -0.2) is 14.4 Å². The van der Waals surface area contributed by atoms with E-state index in [-0.39, 0.29) is 5.82 Å². The monoisotopic (exact) mass is 244 g/mol. The van der Waals surface area contributed by atoms with Gasteiger partial charge in [0, 0.05) is 5.56 Å². The standard InChI is InChI=1S/C15H17FN2/c1-9(2)14-10(3)15(18-11(4)17-14)12-5-7-13(16)8-6-12/h5-9H,1-4H3. The molecule has 0 saturated carbocycles. The fourth-order valence-electron chi connectivity index (χ4n) is 2.10. The normalized spacial score (nSPS) is 11.0. The lowest BCUT2D eigenvalue weighted by molar-refractivity contribution is 0.628. The van der Waals surface area contributed by atoms with Crippen molar-refractivity contribution in [2.45, 2.75) is 33.6 Å². The van der Waals surface area contributed by atoms with Crippen molar-refractivity contribution in [2.75, 3.05) is 0 Å². The average molecular weight is 244 g/mol. The summed E-state index contributed by atoms with van der Waals surface area (Å²) in [5, 5.41) is 0. The molecule has 3 heteroatoms. The topological polar surface area (TPSA) is 25.8 Å². The van der Waals surface area contributed by atoms with Crippen LogP contribution in [0.4, 0.5) is 4.39 Å². The van der Waals surface area contributed by atoms with E-state index in [0.29, 0.717) is 5.92 Å². The molecule has 1 aromatic carbocycles. The lowest BCUT2D eigenvalue weighted by Gasteiger charge is -2.13. The van der Waals surface area contributed by atoms with Crippen molar-refractivity contribution in [1.29, 1.82) is 0 Å². The second-order valence-electron chi connectivity index (χ2n) is 4.79. The molecule has 18 heavy (non-hydrogen) atoms. The highest BCUT2D eigenvalue weighted by Crippen LogP contribution is 2.26. The van der Waals surface area contributed by atoms with E-state index in [4.69, 9.17) is 0 Å². The van der Waals surface area contributed by atoms with Gasteiger partial charge in [-0.3, -0.25) is 0 Å². The molecule has 2 rings (SSSR count). The van der Waals surface area contributed by atoms with Gasteiger partial charge in [0.1, 0.15) is 11.6 Å². The molecule has 0 N–H and O–H groups in total. The third-order valence-electron chi connectivity index (χ3n) is 2.96. The highest BCUT2D eigenvalue weighted by atomic mass is 19.1. The molecule has 94 valence electrons. The first-order valence-electron chi connectivity index (χ1n) is 6.10. The third kappa shape index (κ3) is 2.40. The summed E-state index contributed by atoms with van der Waals surface area (Å²) < 4.78 is 13.0. The minimum absolute atomic E-state index is 0.230. The molecule has 0 aliphatic carbocycles. The molecule has 0 atom stereocenters. The molecule has 2 aromatic rings.